The van der Waals surface area contributed by atoms with Gasteiger partial charge in [-0.2, -0.15) is 5.10 Å². The van der Waals surface area contributed by atoms with Gasteiger partial charge in [-0.1, -0.05) is 0 Å². The maximum Gasteiger partial charge on any atom is 0.265 e. The van der Waals surface area contributed by atoms with Gasteiger partial charge in [-0.15, -0.1) is 0 Å². The predicted octanol–water partition coefficient (Wildman–Crippen LogP) is 1.83. The Morgan fingerprint density at radius 3 is 2.69 bits per heavy atom. The molecule has 0 bridgehead atoms. The van der Waals surface area contributed by atoms with Crippen LogP contribution in [0.3, 0.4) is 0 Å². The van der Waals surface area contributed by atoms with Crippen molar-refractivity contribution in [3.05, 3.63) is 29.7 Å². The van der Waals surface area contributed by atoms with Gasteiger partial charge in [-0.05, 0) is 19.9 Å². The number of primary amides is 1. The molecular weight excluding hydrogens is 332 g/mol. The number of carbonyl (C=O) groups excluding carboxylic acids is 1. The second kappa shape index (κ2) is 5.58. The van der Waals surface area contributed by atoms with Gasteiger partial charge in [0.25, 0.3) is 5.91 Å². The highest BCUT2D eigenvalue weighted by molar-refractivity contribution is 6.07. The first kappa shape index (κ1) is 16.1. The smallest absolute Gasteiger partial charge is 0.265 e. The van der Waals surface area contributed by atoms with Crippen LogP contribution in [0.4, 0.5) is 11.8 Å². The molecule has 4 aromatic rings. The normalized spacial score (nSPS) is 11.5. The SMILES string of the molecule is CCn1c(C(N)=O)cc2c3c(cnc21)nc(Nc1cc(C)n(C)n1)n3C. The maximum atomic E-state index is 11.8. The fraction of sp³-hybridized carbons (Fsp3) is 0.294. The Labute approximate surface area is 149 Å². The van der Waals surface area contributed by atoms with E-state index < -0.39 is 5.91 Å². The summed E-state index contributed by atoms with van der Waals surface area (Å²) in [6, 6.07) is 3.73. The molecule has 4 aromatic heterocycles. The Hall–Kier alpha value is -3.36. The Kier molecular flexibility index (Phi) is 3.46. The summed E-state index contributed by atoms with van der Waals surface area (Å²) < 4.78 is 5.55. The van der Waals surface area contributed by atoms with Gasteiger partial charge in [0, 0.05) is 37.8 Å². The third-order valence-corrected chi connectivity index (χ3v) is 4.68. The topological polar surface area (TPSA) is 109 Å². The Balaban J connectivity index is 1.91. The summed E-state index contributed by atoms with van der Waals surface area (Å²) in [5, 5.41) is 8.49. The number of amides is 1. The highest BCUT2D eigenvalue weighted by Gasteiger charge is 2.19. The summed E-state index contributed by atoms with van der Waals surface area (Å²) in [5.41, 5.74) is 9.36. The molecule has 0 aliphatic heterocycles. The van der Waals surface area contributed by atoms with Crippen molar-refractivity contribution in [2.75, 3.05) is 5.32 Å². The van der Waals surface area contributed by atoms with Gasteiger partial charge in [0.15, 0.2) is 5.82 Å². The number of aromatic nitrogens is 6. The minimum Gasteiger partial charge on any atom is -0.364 e. The van der Waals surface area contributed by atoms with E-state index >= 15 is 0 Å². The number of hydrogen-bond donors (Lipinski definition) is 2. The summed E-state index contributed by atoms with van der Waals surface area (Å²) in [6.45, 7) is 4.55. The summed E-state index contributed by atoms with van der Waals surface area (Å²) in [7, 11) is 3.81. The second-order valence-electron chi connectivity index (χ2n) is 6.28. The van der Waals surface area contributed by atoms with E-state index in [1.807, 2.05) is 43.1 Å². The molecule has 0 saturated heterocycles. The third kappa shape index (κ3) is 2.24. The molecule has 1 amide bonds. The molecule has 9 nitrogen and oxygen atoms in total. The van der Waals surface area contributed by atoms with E-state index in [1.54, 1.807) is 16.9 Å². The molecule has 0 atom stereocenters. The number of aryl methyl sites for hydroxylation is 4. The first-order valence-corrected chi connectivity index (χ1v) is 8.32. The van der Waals surface area contributed by atoms with Gasteiger partial charge in [0.05, 0.1) is 11.7 Å². The lowest BCUT2D eigenvalue weighted by atomic mass is 10.3. The zero-order valence-corrected chi connectivity index (χ0v) is 15.1. The van der Waals surface area contributed by atoms with Crippen LogP contribution in [0.2, 0.25) is 0 Å². The van der Waals surface area contributed by atoms with Gasteiger partial charge in [0.2, 0.25) is 5.95 Å². The molecule has 3 N–H and O–H groups in total. The number of nitrogens with zero attached hydrogens (tertiary/aromatic N) is 6. The number of hydrogen-bond acceptors (Lipinski definition) is 5. The third-order valence-electron chi connectivity index (χ3n) is 4.68. The maximum absolute atomic E-state index is 11.8. The van der Waals surface area contributed by atoms with Crippen molar-refractivity contribution in [1.29, 1.82) is 0 Å². The quantitative estimate of drug-likeness (QED) is 0.582. The molecule has 0 aliphatic rings. The van der Waals surface area contributed by atoms with E-state index in [1.165, 1.54) is 0 Å². The number of nitrogens with two attached hydrogens (primary N) is 1. The van der Waals surface area contributed by atoms with Gasteiger partial charge in [0.1, 0.15) is 16.9 Å². The Bertz CT molecular complexity index is 1140. The lowest BCUT2D eigenvalue weighted by molar-refractivity contribution is 0.0992. The highest BCUT2D eigenvalue weighted by Crippen LogP contribution is 2.29. The average Bonchev–Trinajstić information content (AvgIpc) is 3.22. The van der Waals surface area contributed by atoms with Crippen LogP contribution in [0.25, 0.3) is 22.1 Å². The lowest BCUT2D eigenvalue weighted by Gasteiger charge is -2.04. The molecule has 0 spiro atoms. The first-order chi connectivity index (χ1) is 12.4. The molecule has 0 radical (unpaired) electrons. The van der Waals surface area contributed by atoms with E-state index in [2.05, 4.69) is 20.4 Å². The average molecular weight is 352 g/mol. The summed E-state index contributed by atoms with van der Waals surface area (Å²) in [5.74, 6) is 0.899. The highest BCUT2D eigenvalue weighted by atomic mass is 16.1. The van der Waals surface area contributed by atoms with E-state index in [0.717, 1.165) is 33.6 Å². The molecule has 0 aliphatic carbocycles. The van der Waals surface area contributed by atoms with Crippen molar-refractivity contribution in [1.82, 2.24) is 28.9 Å². The van der Waals surface area contributed by atoms with E-state index in [-0.39, 0.29) is 0 Å². The lowest BCUT2D eigenvalue weighted by Crippen LogP contribution is -2.16. The fourth-order valence-corrected chi connectivity index (χ4v) is 3.28. The van der Waals surface area contributed by atoms with Gasteiger partial charge < -0.3 is 20.2 Å². The largest absolute Gasteiger partial charge is 0.364 e. The van der Waals surface area contributed by atoms with Crippen molar-refractivity contribution in [2.24, 2.45) is 19.8 Å². The molecule has 134 valence electrons. The molecule has 4 heterocycles. The van der Waals surface area contributed by atoms with Crippen molar-refractivity contribution in [3.8, 4) is 0 Å². The van der Waals surface area contributed by atoms with Crippen LogP contribution in [-0.4, -0.2) is 34.8 Å². The Morgan fingerprint density at radius 1 is 1.31 bits per heavy atom. The van der Waals surface area contributed by atoms with Crippen LogP contribution in [0.15, 0.2) is 18.3 Å². The molecule has 26 heavy (non-hydrogen) atoms. The molecular formula is C17H20N8O. The molecule has 0 fully saturated rings. The van der Waals surface area contributed by atoms with Crippen LogP contribution in [0.1, 0.15) is 23.1 Å². The number of rotatable bonds is 4. The number of carbonyl (C=O) groups is 1. The first-order valence-electron chi connectivity index (χ1n) is 8.32. The predicted molar refractivity (Wildman–Crippen MR) is 99.4 cm³/mol. The molecule has 9 heteroatoms. The van der Waals surface area contributed by atoms with Gasteiger partial charge in [-0.25, -0.2) is 9.97 Å². The zero-order valence-electron chi connectivity index (χ0n) is 15.1. The summed E-state index contributed by atoms with van der Waals surface area (Å²) in [6.07, 6.45) is 1.71. The minimum atomic E-state index is -0.470. The van der Waals surface area contributed by atoms with Crippen molar-refractivity contribution in [2.45, 2.75) is 20.4 Å². The number of anilines is 2. The van der Waals surface area contributed by atoms with Crippen LogP contribution in [-0.2, 0) is 20.6 Å². The minimum absolute atomic E-state index is 0.443. The molecule has 0 aromatic carbocycles. The van der Waals surface area contributed by atoms with Crippen LogP contribution in [0.5, 0.6) is 0 Å². The van der Waals surface area contributed by atoms with E-state index in [9.17, 15) is 4.79 Å². The van der Waals surface area contributed by atoms with Gasteiger partial charge in [-0.3, -0.25) is 9.48 Å². The standard InChI is InChI=1S/C17H20N8O/c1-5-25-12(15(18)26)7-10-14-11(8-19-16(10)25)20-17(23(14)3)21-13-6-9(2)24(4)22-13/h6-8H,5H2,1-4H3,(H2,18,26)(H,20,21,22). The number of imidazole rings is 1. The van der Waals surface area contributed by atoms with Crippen molar-refractivity contribution in [3.63, 3.8) is 0 Å². The van der Waals surface area contributed by atoms with Crippen LogP contribution in [0, 0.1) is 6.92 Å². The van der Waals surface area contributed by atoms with Crippen LogP contribution < -0.4 is 11.1 Å². The number of pyridine rings is 1. The van der Waals surface area contributed by atoms with Crippen LogP contribution >= 0.6 is 0 Å². The Morgan fingerprint density at radius 2 is 2.08 bits per heavy atom. The number of fused-ring (bicyclic) bond motifs is 3. The van der Waals surface area contributed by atoms with Gasteiger partial charge >= 0.3 is 0 Å². The van der Waals surface area contributed by atoms with Crippen molar-refractivity contribution < 1.29 is 4.79 Å². The number of nitrogens with one attached hydrogen (secondary N) is 1. The zero-order chi connectivity index (χ0) is 18.6. The van der Waals surface area contributed by atoms with E-state index in [4.69, 9.17) is 5.73 Å². The monoisotopic (exact) mass is 352 g/mol. The van der Waals surface area contributed by atoms with Crippen molar-refractivity contribution >= 4 is 39.7 Å². The fourth-order valence-electron chi connectivity index (χ4n) is 3.28. The molecule has 0 unspecified atom stereocenters. The summed E-state index contributed by atoms with van der Waals surface area (Å²) in [4.78, 5) is 20.9. The second-order valence-corrected chi connectivity index (χ2v) is 6.28. The van der Waals surface area contributed by atoms with E-state index in [0.29, 0.717) is 18.2 Å². The summed E-state index contributed by atoms with van der Waals surface area (Å²) >= 11 is 0. The molecule has 0 saturated carbocycles. The molecule has 4 rings (SSSR count).